The van der Waals surface area contributed by atoms with Crippen LogP contribution in [0.3, 0.4) is 0 Å². The Hall–Kier alpha value is -4.96. The molecule has 2 aromatic heterocycles. The highest BCUT2D eigenvalue weighted by Crippen LogP contribution is 2.26. The molecule has 0 saturated carbocycles. The zero-order valence-corrected chi connectivity index (χ0v) is 22.3. The van der Waals surface area contributed by atoms with Crippen molar-refractivity contribution < 1.29 is 44.0 Å². The molecule has 0 amide bonds. The molecular weight excluding hydrogens is 563 g/mol. The Balaban J connectivity index is 0.000000304. The number of carboxylic acids is 4. The first-order chi connectivity index (χ1) is 19.5. The van der Waals surface area contributed by atoms with Crippen LogP contribution in [-0.4, -0.2) is 103 Å². The molecule has 14 nitrogen and oxygen atoms in total. The van der Waals surface area contributed by atoms with Crippen molar-refractivity contribution in [2.24, 2.45) is 0 Å². The maximum atomic E-state index is 13.2. The molecule has 0 bridgehead atoms. The number of thiazole rings is 1. The molecular formula is C25H27FN6O8S. The van der Waals surface area contributed by atoms with Crippen molar-refractivity contribution in [3.05, 3.63) is 66.8 Å². The van der Waals surface area contributed by atoms with E-state index in [1.165, 1.54) is 23.5 Å². The molecule has 4 rings (SSSR count). The summed E-state index contributed by atoms with van der Waals surface area (Å²) in [5.74, 6) is -4.44. The van der Waals surface area contributed by atoms with Crippen molar-refractivity contribution in [2.75, 3.05) is 49.5 Å². The van der Waals surface area contributed by atoms with E-state index < -0.39 is 23.9 Å². The quantitative estimate of drug-likeness (QED) is 0.226. The number of piperazine rings is 1. The lowest BCUT2D eigenvalue weighted by Crippen LogP contribution is -2.48. The summed E-state index contributed by atoms with van der Waals surface area (Å²) in [5, 5.41) is 35.4. The maximum Gasteiger partial charge on any atom is 0.328 e. The van der Waals surface area contributed by atoms with Gasteiger partial charge in [0.2, 0.25) is 5.95 Å². The van der Waals surface area contributed by atoms with E-state index in [9.17, 15) is 23.6 Å². The van der Waals surface area contributed by atoms with Crippen LogP contribution in [0.25, 0.3) is 10.2 Å². The number of carboxylic acid groups (broad SMARTS) is 4. The van der Waals surface area contributed by atoms with Gasteiger partial charge in [-0.2, -0.15) is 0 Å². The number of aromatic nitrogens is 3. The molecule has 0 atom stereocenters. The van der Waals surface area contributed by atoms with Gasteiger partial charge in [0.15, 0.2) is 5.13 Å². The van der Waals surface area contributed by atoms with Crippen LogP contribution in [0.1, 0.15) is 0 Å². The van der Waals surface area contributed by atoms with E-state index in [1.807, 2.05) is 6.07 Å². The fourth-order valence-electron chi connectivity index (χ4n) is 3.21. The van der Waals surface area contributed by atoms with E-state index in [1.54, 1.807) is 18.5 Å². The molecule has 3 aromatic rings. The number of hydrogen-bond acceptors (Lipinski definition) is 11. The summed E-state index contributed by atoms with van der Waals surface area (Å²) in [6.07, 6.45) is 5.79. The second-order valence-corrected chi connectivity index (χ2v) is 8.99. The number of benzene rings is 1. The van der Waals surface area contributed by atoms with E-state index in [0.717, 1.165) is 60.6 Å². The fourth-order valence-corrected chi connectivity index (χ4v) is 4.12. The number of nitrogens with one attached hydrogen (secondary N) is 1. The van der Waals surface area contributed by atoms with Gasteiger partial charge in [-0.15, -0.1) is 0 Å². The summed E-state index contributed by atoms with van der Waals surface area (Å²) >= 11 is 1.49. The first-order valence-corrected chi connectivity index (χ1v) is 12.7. The van der Waals surface area contributed by atoms with Crippen molar-refractivity contribution in [1.29, 1.82) is 0 Å². The summed E-state index contributed by atoms with van der Waals surface area (Å²) in [7, 11) is 0. The number of fused-ring (bicyclic) bond motifs is 1. The van der Waals surface area contributed by atoms with E-state index in [0.29, 0.717) is 24.3 Å². The molecule has 0 spiro atoms. The molecule has 0 aliphatic carbocycles. The first kappa shape index (κ1) is 32.3. The minimum atomic E-state index is -1.26. The molecule has 3 heterocycles. The van der Waals surface area contributed by atoms with Gasteiger partial charge >= 0.3 is 23.9 Å². The number of aliphatic carboxylic acids is 4. The maximum absolute atomic E-state index is 13.2. The van der Waals surface area contributed by atoms with Crippen LogP contribution in [0.2, 0.25) is 0 Å². The van der Waals surface area contributed by atoms with Gasteiger partial charge in [-0.25, -0.2) is 38.5 Å². The van der Waals surface area contributed by atoms with Crippen molar-refractivity contribution in [3.8, 4) is 0 Å². The van der Waals surface area contributed by atoms with Crippen LogP contribution in [0.15, 0.2) is 61.0 Å². The zero-order chi connectivity index (χ0) is 30.2. The van der Waals surface area contributed by atoms with Crippen LogP contribution in [0.5, 0.6) is 0 Å². The molecule has 5 N–H and O–H groups in total. The average Bonchev–Trinajstić information content (AvgIpc) is 3.34. The van der Waals surface area contributed by atoms with Crippen molar-refractivity contribution >= 4 is 56.5 Å². The third kappa shape index (κ3) is 13.1. The van der Waals surface area contributed by atoms with Crippen molar-refractivity contribution in [2.45, 2.75) is 0 Å². The van der Waals surface area contributed by atoms with Crippen LogP contribution >= 0.6 is 11.3 Å². The van der Waals surface area contributed by atoms with Crippen molar-refractivity contribution in [3.63, 3.8) is 0 Å². The lowest BCUT2D eigenvalue weighted by atomic mass is 10.3. The van der Waals surface area contributed by atoms with Gasteiger partial charge in [-0.1, -0.05) is 11.3 Å². The van der Waals surface area contributed by atoms with E-state index in [-0.39, 0.29) is 5.82 Å². The van der Waals surface area contributed by atoms with Crippen molar-refractivity contribution in [1.82, 2.24) is 19.9 Å². The Morgan fingerprint density at radius 3 is 1.93 bits per heavy atom. The van der Waals surface area contributed by atoms with Gasteiger partial charge in [0.05, 0.1) is 10.2 Å². The number of hydrogen-bond donors (Lipinski definition) is 5. The fraction of sp³-hybridized carbons (Fsp3) is 0.240. The number of anilines is 2. The van der Waals surface area contributed by atoms with Gasteiger partial charge in [-0.3, -0.25) is 4.90 Å². The Bertz CT molecular complexity index is 1310. The van der Waals surface area contributed by atoms with E-state index in [4.69, 9.17) is 20.4 Å². The Morgan fingerprint density at radius 2 is 1.41 bits per heavy atom. The van der Waals surface area contributed by atoms with Gasteiger partial charge in [-0.05, 0) is 24.3 Å². The molecule has 1 aliphatic rings. The van der Waals surface area contributed by atoms with Crippen LogP contribution < -0.4 is 10.2 Å². The van der Waals surface area contributed by atoms with E-state index in [2.05, 4.69) is 30.1 Å². The molecule has 16 heteroatoms. The van der Waals surface area contributed by atoms with Gasteiger partial charge < -0.3 is 30.6 Å². The summed E-state index contributed by atoms with van der Waals surface area (Å²) < 4.78 is 14.1. The van der Waals surface area contributed by atoms with Gasteiger partial charge in [0, 0.05) is 76.0 Å². The van der Waals surface area contributed by atoms with Crippen LogP contribution in [0, 0.1) is 5.82 Å². The van der Waals surface area contributed by atoms with Crippen LogP contribution in [-0.2, 0) is 19.2 Å². The molecule has 0 radical (unpaired) electrons. The zero-order valence-electron chi connectivity index (χ0n) is 21.5. The Morgan fingerprint density at radius 1 is 0.878 bits per heavy atom. The highest BCUT2D eigenvalue weighted by molar-refractivity contribution is 7.22. The lowest BCUT2D eigenvalue weighted by Gasteiger charge is -2.34. The highest BCUT2D eigenvalue weighted by atomic mass is 32.1. The van der Waals surface area contributed by atoms with Gasteiger partial charge in [0.25, 0.3) is 0 Å². The molecule has 1 aromatic carbocycles. The number of carbonyl (C=O) groups is 4. The summed E-state index contributed by atoms with van der Waals surface area (Å²) in [5.41, 5.74) is 0.838. The van der Waals surface area contributed by atoms with Gasteiger partial charge in [0.1, 0.15) is 5.82 Å². The highest BCUT2D eigenvalue weighted by Gasteiger charge is 2.18. The topological polar surface area (TPSA) is 206 Å². The Labute approximate surface area is 236 Å². The third-order valence-electron chi connectivity index (χ3n) is 5.00. The second kappa shape index (κ2) is 16.9. The summed E-state index contributed by atoms with van der Waals surface area (Å²) in [6.45, 7) is 5.63. The SMILES string of the molecule is Fc1ccc2nc(NCCN3CCN(c4ncccn4)CC3)sc2c1.O=C(O)C=CC(=O)O.O=C(O)C=CC(=O)O. The lowest BCUT2D eigenvalue weighted by molar-refractivity contribution is -0.134. The smallest absolute Gasteiger partial charge is 0.328 e. The molecule has 0 unspecified atom stereocenters. The largest absolute Gasteiger partial charge is 0.478 e. The predicted molar refractivity (Wildman–Crippen MR) is 148 cm³/mol. The minimum absolute atomic E-state index is 0.219. The normalized spacial score (nSPS) is 13.2. The van der Waals surface area contributed by atoms with E-state index >= 15 is 0 Å². The molecule has 1 fully saturated rings. The van der Waals surface area contributed by atoms with Crippen LogP contribution in [0.4, 0.5) is 15.5 Å². The minimum Gasteiger partial charge on any atom is -0.478 e. The molecule has 1 aliphatic heterocycles. The Kier molecular flexibility index (Phi) is 13.3. The molecule has 1 saturated heterocycles. The molecule has 41 heavy (non-hydrogen) atoms. The number of nitrogens with zero attached hydrogens (tertiary/aromatic N) is 5. The first-order valence-electron chi connectivity index (χ1n) is 11.9. The number of halogens is 1. The predicted octanol–water partition coefficient (Wildman–Crippen LogP) is 1.88. The summed E-state index contributed by atoms with van der Waals surface area (Å²) in [4.78, 5) is 55.9. The standard InChI is InChI=1S/C17H19FN6S.2C4H4O4/c18-13-2-3-14-15(12-13)25-17(22-14)21-6-7-23-8-10-24(11-9-23)16-19-4-1-5-20-16;2*5-3(6)1-2-4(7)8/h1-5,12H,6-11H2,(H,21,22);2*1-2H,(H,5,6)(H,7,8). The number of rotatable bonds is 9. The second-order valence-electron chi connectivity index (χ2n) is 7.95. The summed E-state index contributed by atoms with van der Waals surface area (Å²) in [6, 6.07) is 6.53. The average molecular weight is 591 g/mol. The molecule has 218 valence electrons. The third-order valence-corrected chi connectivity index (χ3v) is 5.97. The monoisotopic (exact) mass is 590 g/mol.